The molecule has 34 heavy (non-hydrogen) atoms. The van der Waals surface area contributed by atoms with Crippen LogP contribution in [0.25, 0.3) is 10.8 Å². The lowest BCUT2D eigenvalue weighted by atomic mass is 10.1. The van der Waals surface area contributed by atoms with Crippen LogP contribution >= 0.6 is 11.8 Å². The van der Waals surface area contributed by atoms with Crippen molar-refractivity contribution in [3.8, 4) is 0 Å². The molecule has 0 aliphatic carbocycles. The summed E-state index contributed by atoms with van der Waals surface area (Å²) >= 11 is 1.42. The van der Waals surface area contributed by atoms with Crippen molar-refractivity contribution in [2.75, 3.05) is 10.6 Å². The van der Waals surface area contributed by atoms with Crippen LogP contribution in [0.5, 0.6) is 0 Å². The number of non-ortho nitro benzene ring substituents is 1. The van der Waals surface area contributed by atoms with Gasteiger partial charge in [0.05, 0.1) is 10.2 Å². The van der Waals surface area contributed by atoms with Crippen LogP contribution in [0.4, 0.5) is 17.1 Å². The molecule has 2 amide bonds. The number of hydrogen-bond acceptors (Lipinski definition) is 5. The normalized spacial score (nSPS) is 11.6. The number of amides is 2. The molecule has 0 bridgehead atoms. The van der Waals surface area contributed by atoms with Crippen molar-refractivity contribution < 1.29 is 14.5 Å². The van der Waals surface area contributed by atoms with E-state index < -0.39 is 4.92 Å². The van der Waals surface area contributed by atoms with Crippen LogP contribution in [0.3, 0.4) is 0 Å². The smallest absolute Gasteiger partial charge is 0.269 e. The van der Waals surface area contributed by atoms with E-state index in [-0.39, 0.29) is 22.8 Å². The fraction of sp³-hybridized carbons (Fsp3) is 0.0769. The standard InChI is InChI=1S/C26H21N3O4S/c1-17(25(30)28-24-8-4-6-18-5-2-3-7-23(18)24)34-22-15-11-20(12-16-22)27-26(31)19-9-13-21(14-10-19)29(32)33/h2-17H,1H3,(H,27,31)(H,28,30). The van der Waals surface area contributed by atoms with Gasteiger partial charge in [0.1, 0.15) is 0 Å². The van der Waals surface area contributed by atoms with Gasteiger partial charge in [-0.05, 0) is 54.8 Å². The lowest BCUT2D eigenvalue weighted by molar-refractivity contribution is -0.384. The fourth-order valence-corrected chi connectivity index (χ4v) is 4.25. The summed E-state index contributed by atoms with van der Waals surface area (Å²) in [6.07, 6.45) is 0. The Morgan fingerprint density at radius 1 is 0.853 bits per heavy atom. The molecule has 0 aliphatic heterocycles. The summed E-state index contributed by atoms with van der Waals surface area (Å²) in [7, 11) is 0. The Morgan fingerprint density at radius 3 is 2.24 bits per heavy atom. The Kier molecular flexibility index (Phi) is 6.89. The second-order valence-corrected chi connectivity index (χ2v) is 8.97. The Labute approximate surface area is 200 Å². The minimum Gasteiger partial charge on any atom is -0.325 e. The predicted molar refractivity (Wildman–Crippen MR) is 135 cm³/mol. The molecule has 1 unspecified atom stereocenters. The second kappa shape index (κ2) is 10.2. The molecule has 0 heterocycles. The molecule has 0 fully saturated rings. The maximum atomic E-state index is 12.8. The number of benzene rings is 4. The zero-order valence-corrected chi connectivity index (χ0v) is 19.0. The first-order valence-corrected chi connectivity index (χ1v) is 11.4. The van der Waals surface area contributed by atoms with Crippen molar-refractivity contribution in [2.24, 2.45) is 0 Å². The molecule has 4 rings (SSSR count). The maximum absolute atomic E-state index is 12.8. The van der Waals surface area contributed by atoms with Gasteiger partial charge in [0.25, 0.3) is 11.6 Å². The number of nitrogens with one attached hydrogen (secondary N) is 2. The first-order valence-electron chi connectivity index (χ1n) is 10.5. The Morgan fingerprint density at radius 2 is 1.53 bits per heavy atom. The topological polar surface area (TPSA) is 101 Å². The molecule has 4 aromatic carbocycles. The number of rotatable bonds is 7. The molecule has 0 spiro atoms. The molecule has 4 aromatic rings. The van der Waals surface area contributed by atoms with Crippen LogP contribution in [0.2, 0.25) is 0 Å². The summed E-state index contributed by atoms with van der Waals surface area (Å²) in [6, 6.07) is 26.3. The van der Waals surface area contributed by atoms with Crippen LogP contribution in [0.1, 0.15) is 17.3 Å². The largest absolute Gasteiger partial charge is 0.325 e. The van der Waals surface area contributed by atoms with Crippen molar-refractivity contribution in [3.63, 3.8) is 0 Å². The van der Waals surface area contributed by atoms with Crippen LogP contribution in [0.15, 0.2) is 95.9 Å². The molecule has 7 nitrogen and oxygen atoms in total. The summed E-state index contributed by atoms with van der Waals surface area (Å²) in [4.78, 5) is 36.3. The van der Waals surface area contributed by atoms with E-state index in [0.717, 1.165) is 21.4 Å². The number of thioether (sulfide) groups is 1. The van der Waals surface area contributed by atoms with Crippen molar-refractivity contribution in [1.82, 2.24) is 0 Å². The van der Waals surface area contributed by atoms with Gasteiger partial charge in [-0.1, -0.05) is 36.4 Å². The number of hydrogen-bond donors (Lipinski definition) is 2. The zero-order valence-electron chi connectivity index (χ0n) is 18.2. The fourth-order valence-electron chi connectivity index (χ4n) is 3.38. The molecule has 0 aliphatic rings. The Bertz CT molecular complexity index is 1350. The van der Waals surface area contributed by atoms with Crippen LogP contribution in [-0.2, 0) is 4.79 Å². The number of anilines is 2. The molecular weight excluding hydrogens is 450 g/mol. The van der Waals surface area contributed by atoms with Gasteiger partial charge in [0, 0.05) is 39.4 Å². The Hall–Kier alpha value is -4.17. The van der Waals surface area contributed by atoms with Crippen LogP contribution in [0, 0.1) is 10.1 Å². The zero-order chi connectivity index (χ0) is 24.1. The van der Waals surface area contributed by atoms with Gasteiger partial charge in [-0.3, -0.25) is 19.7 Å². The van der Waals surface area contributed by atoms with E-state index in [9.17, 15) is 19.7 Å². The third-order valence-corrected chi connectivity index (χ3v) is 6.29. The van der Waals surface area contributed by atoms with Gasteiger partial charge in [0.15, 0.2) is 0 Å². The highest BCUT2D eigenvalue weighted by atomic mass is 32.2. The molecular formula is C26H21N3O4S. The second-order valence-electron chi connectivity index (χ2n) is 7.56. The summed E-state index contributed by atoms with van der Waals surface area (Å²) in [5.41, 5.74) is 1.61. The average Bonchev–Trinajstić information content (AvgIpc) is 2.85. The van der Waals surface area contributed by atoms with Crippen molar-refractivity contribution in [3.05, 3.63) is 107 Å². The van der Waals surface area contributed by atoms with Crippen molar-refractivity contribution in [2.45, 2.75) is 17.1 Å². The number of nitro benzene ring substituents is 1. The van der Waals surface area contributed by atoms with Crippen LogP contribution in [-0.4, -0.2) is 22.0 Å². The highest BCUT2D eigenvalue weighted by molar-refractivity contribution is 8.00. The van der Waals surface area contributed by atoms with Crippen molar-refractivity contribution in [1.29, 1.82) is 0 Å². The van der Waals surface area contributed by atoms with E-state index in [2.05, 4.69) is 10.6 Å². The van der Waals surface area contributed by atoms with Gasteiger partial charge in [-0.2, -0.15) is 0 Å². The molecule has 0 saturated carbocycles. The van der Waals surface area contributed by atoms with Gasteiger partial charge in [-0.15, -0.1) is 11.8 Å². The molecule has 0 saturated heterocycles. The number of nitro groups is 1. The van der Waals surface area contributed by atoms with Crippen LogP contribution < -0.4 is 10.6 Å². The Balaban J connectivity index is 1.35. The molecule has 8 heteroatoms. The minimum absolute atomic E-state index is 0.0727. The summed E-state index contributed by atoms with van der Waals surface area (Å²) in [5.74, 6) is -0.463. The molecule has 0 aromatic heterocycles. The monoisotopic (exact) mass is 471 g/mol. The van der Waals surface area contributed by atoms with E-state index in [1.807, 2.05) is 61.5 Å². The van der Waals surface area contributed by atoms with E-state index in [1.165, 1.54) is 36.0 Å². The first kappa shape index (κ1) is 23.0. The molecule has 1 atom stereocenters. The number of fused-ring (bicyclic) bond motifs is 1. The predicted octanol–water partition coefficient (Wildman–Crippen LogP) is 6.12. The van der Waals surface area contributed by atoms with E-state index in [0.29, 0.717) is 11.3 Å². The third kappa shape index (κ3) is 5.41. The SMILES string of the molecule is CC(Sc1ccc(NC(=O)c2ccc([N+](=O)[O-])cc2)cc1)C(=O)Nc1cccc2ccccc12. The van der Waals surface area contributed by atoms with E-state index in [4.69, 9.17) is 0 Å². The van der Waals surface area contributed by atoms with Gasteiger partial charge >= 0.3 is 0 Å². The van der Waals surface area contributed by atoms with Gasteiger partial charge in [0.2, 0.25) is 5.91 Å². The number of carbonyl (C=O) groups is 2. The minimum atomic E-state index is -0.513. The molecule has 0 radical (unpaired) electrons. The molecule has 2 N–H and O–H groups in total. The van der Waals surface area contributed by atoms with Crippen molar-refractivity contribution >= 4 is 51.4 Å². The van der Waals surface area contributed by atoms with Gasteiger partial charge in [-0.25, -0.2) is 0 Å². The maximum Gasteiger partial charge on any atom is 0.269 e. The lowest BCUT2D eigenvalue weighted by Gasteiger charge is -2.14. The lowest BCUT2D eigenvalue weighted by Crippen LogP contribution is -2.22. The summed E-state index contributed by atoms with van der Waals surface area (Å²) < 4.78 is 0. The summed E-state index contributed by atoms with van der Waals surface area (Å²) in [5, 5.41) is 18.2. The highest BCUT2D eigenvalue weighted by Crippen LogP contribution is 2.28. The first-order chi connectivity index (χ1) is 16.4. The number of nitrogens with zero attached hydrogens (tertiary/aromatic N) is 1. The third-order valence-electron chi connectivity index (χ3n) is 5.18. The summed E-state index contributed by atoms with van der Waals surface area (Å²) in [6.45, 7) is 1.84. The quantitative estimate of drug-likeness (QED) is 0.192. The van der Waals surface area contributed by atoms with Gasteiger partial charge < -0.3 is 10.6 Å². The average molecular weight is 472 g/mol. The van der Waals surface area contributed by atoms with E-state index >= 15 is 0 Å². The highest BCUT2D eigenvalue weighted by Gasteiger charge is 2.16. The molecule has 170 valence electrons. The van der Waals surface area contributed by atoms with E-state index in [1.54, 1.807) is 12.1 Å². The number of carbonyl (C=O) groups excluding carboxylic acids is 2.